The van der Waals surface area contributed by atoms with Gasteiger partial charge in [-0.1, -0.05) is 12.1 Å². The van der Waals surface area contributed by atoms with E-state index in [0.717, 1.165) is 17.9 Å². The quantitative estimate of drug-likeness (QED) is 0.668. The summed E-state index contributed by atoms with van der Waals surface area (Å²) in [6.45, 7) is 2.00. The molecule has 1 atom stereocenters. The zero-order chi connectivity index (χ0) is 9.80. The fourth-order valence-electron chi connectivity index (χ4n) is 1.15. The largest absolute Gasteiger partial charge is 0.491 e. The first kappa shape index (κ1) is 9.49. The molecule has 1 fully saturated rings. The maximum absolute atomic E-state index is 5.48. The molecule has 14 heavy (non-hydrogen) atoms. The molecule has 1 unspecified atom stereocenters. The molecular weight excluding hydrogens is 180 g/mol. The lowest BCUT2D eigenvalue weighted by molar-refractivity contribution is 0.228. The number of ether oxygens (including phenoxy) is 3. The van der Waals surface area contributed by atoms with Gasteiger partial charge in [-0.3, -0.25) is 0 Å². The fourth-order valence-corrected chi connectivity index (χ4v) is 1.15. The molecule has 1 aliphatic rings. The van der Waals surface area contributed by atoms with E-state index in [1.165, 1.54) is 0 Å². The Morgan fingerprint density at radius 1 is 1.36 bits per heavy atom. The van der Waals surface area contributed by atoms with Crippen LogP contribution in [-0.2, 0) is 16.1 Å². The number of benzene rings is 1. The summed E-state index contributed by atoms with van der Waals surface area (Å²) >= 11 is 0. The summed E-state index contributed by atoms with van der Waals surface area (Å²) < 4.78 is 15.3. The highest BCUT2D eigenvalue weighted by atomic mass is 16.6. The molecule has 3 nitrogen and oxygen atoms in total. The van der Waals surface area contributed by atoms with Crippen LogP contribution in [0.1, 0.15) is 5.56 Å². The molecule has 1 heterocycles. The van der Waals surface area contributed by atoms with E-state index >= 15 is 0 Å². The second kappa shape index (κ2) is 4.44. The monoisotopic (exact) mass is 193 g/mol. The second-order valence-electron chi connectivity index (χ2n) is 3.26. The first-order valence-corrected chi connectivity index (χ1v) is 4.59. The van der Waals surface area contributed by atoms with Gasteiger partial charge in [-0.15, -0.1) is 0 Å². The third-order valence-corrected chi connectivity index (χ3v) is 2.03. The van der Waals surface area contributed by atoms with E-state index in [-0.39, 0.29) is 0 Å². The fraction of sp³-hybridized carbons (Fsp3) is 0.364. The Bertz CT molecular complexity index is 277. The molecule has 0 saturated carbocycles. The predicted octanol–water partition coefficient (Wildman–Crippen LogP) is 1.77. The Morgan fingerprint density at radius 3 is 2.64 bits per heavy atom. The van der Waals surface area contributed by atoms with Crippen LogP contribution in [0.5, 0.6) is 5.75 Å². The Labute approximate surface area is 83.6 Å². The van der Waals surface area contributed by atoms with E-state index in [1.54, 1.807) is 0 Å². The highest BCUT2D eigenvalue weighted by Crippen LogP contribution is 2.16. The van der Waals surface area contributed by atoms with E-state index in [1.807, 2.05) is 24.3 Å². The highest BCUT2D eigenvalue weighted by molar-refractivity contribution is 5.26. The summed E-state index contributed by atoms with van der Waals surface area (Å²) in [6, 6.07) is 7.79. The van der Waals surface area contributed by atoms with Crippen LogP contribution in [0.4, 0.5) is 0 Å². The molecule has 2 rings (SSSR count). The Kier molecular flexibility index (Phi) is 3.01. The first-order chi connectivity index (χ1) is 6.88. The van der Waals surface area contributed by atoms with Gasteiger partial charge in [-0.2, -0.15) is 0 Å². The SMILES string of the molecule is [CH2]OCc1ccc(OCC2CO2)cc1. The number of hydrogen-bond acceptors (Lipinski definition) is 3. The van der Waals surface area contributed by atoms with Crippen molar-refractivity contribution in [1.82, 2.24) is 0 Å². The molecule has 1 saturated heterocycles. The van der Waals surface area contributed by atoms with Crippen molar-refractivity contribution in [2.75, 3.05) is 13.2 Å². The Balaban J connectivity index is 1.84. The van der Waals surface area contributed by atoms with Crippen LogP contribution < -0.4 is 4.74 Å². The molecule has 0 bridgehead atoms. The van der Waals surface area contributed by atoms with Gasteiger partial charge in [0.25, 0.3) is 0 Å². The minimum Gasteiger partial charge on any atom is -0.491 e. The van der Waals surface area contributed by atoms with Crippen molar-refractivity contribution in [1.29, 1.82) is 0 Å². The van der Waals surface area contributed by atoms with Gasteiger partial charge in [0, 0.05) is 0 Å². The van der Waals surface area contributed by atoms with Crippen LogP contribution in [0.25, 0.3) is 0 Å². The minimum absolute atomic E-state index is 0.304. The summed E-state index contributed by atoms with van der Waals surface area (Å²) in [5, 5.41) is 0. The zero-order valence-electron chi connectivity index (χ0n) is 7.94. The van der Waals surface area contributed by atoms with Crippen molar-refractivity contribution >= 4 is 0 Å². The standard InChI is InChI=1S/C11H13O3/c1-12-6-9-2-4-10(5-3-9)13-7-11-8-14-11/h2-5,11H,1,6-8H2. The average molecular weight is 193 g/mol. The van der Waals surface area contributed by atoms with Crippen molar-refractivity contribution < 1.29 is 14.2 Å². The maximum Gasteiger partial charge on any atom is 0.119 e. The van der Waals surface area contributed by atoms with Gasteiger partial charge in [0.15, 0.2) is 0 Å². The van der Waals surface area contributed by atoms with E-state index < -0.39 is 0 Å². The van der Waals surface area contributed by atoms with Crippen LogP contribution in [0, 0.1) is 7.11 Å². The number of epoxide rings is 1. The van der Waals surface area contributed by atoms with Crippen molar-refractivity contribution in [2.24, 2.45) is 0 Å². The molecule has 1 aliphatic heterocycles. The lowest BCUT2D eigenvalue weighted by Gasteiger charge is -2.04. The average Bonchev–Trinajstić information content (AvgIpc) is 3.01. The van der Waals surface area contributed by atoms with Crippen molar-refractivity contribution in [2.45, 2.75) is 12.7 Å². The second-order valence-corrected chi connectivity index (χ2v) is 3.26. The normalized spacial score (nSPS) is 19.4. The van der Waals surface area contributed by atoms with Gasteiger partial charge in [-0.25, -0.2) is 0 Å². The molecule has 0 aromatic heterocycles. The van der Waals surface area contributed by atoms with Gasteiger partial charge in [-0.05, 0) is 17.7 Å². The smallest absolute Gasteiger partial charge is 0.119 e. The number of rotatable bonds is 5. The van der Waals surface area contributed by atoms with E-state index in [4.69, 9.17) is 14.2 Å². The maximum atomic E-state index is 5.48. The van der Waals surface area contributed by atoms with Gasteiger partial charge >= 0.3 is 0 Å². The number of hydrogen-bond donors (Lipinski definition) is 0. The molecule has 3 heteroatoms. The third kappa shape index (κ3) is 2.72. The Hall–Kier alpha value is -1.06. The third-order valence-electron chi connectivity index (χ3n) is 2.03. The van der Waals surface area contributed by atoms with Crippen molar-refractivity contribution in [3.63, 3.8) is 0 Å². The predicted molar refractivity (Wildman–Crippen MR) is 51.8 cm³/mol. The van der Waals surface area contributed by atoms with Gasteiger partial charge in [0.1, 0.15) is 18.5 Å². The molecule has 0 aliphatic carbocycles. The molecule has 75 valence electrons. The molecular formula is C11H13O3. The first-order valence-electron chi connectivity index (χ1n) is 4.59. The van der Waals surface area contributed by atoms with Gasteiger partial charge < -0.3 is 14.2 Å². The van der Waals surface area contributed by atoms with Gasteiger partial charge in [0.2, 0.25) is 0 Å². The molecule has 1 aromatic rings. The topological polar surface area (TPSA) is 31.0 Å². The molecule has 0 N–H and O–H groups in total. The van der Waals surface area contributed by atoms with Crippen LogP contribution >= 0.6 is 0 Å². The van der Waals surface area contributed by atoms with Gasteiger partial charge in [0.05, 0.1) is 20.3 Å². The lowest BCUT2D eigenvalue weighted by Crippen LogP contribution is -2.03. The zero-order valence-corrected chi connectivity index (χ0v) is 7.94. The highest BCUT2D eigenvalue weighted by Gasteiger charge is 2.22. The minimum atomic E-state index is 0.304. The van der Waals surface area contributed by atoms with Crippen LogP contribution in [0.2, 0.25) is 0 Å². The van der Waals surface area contributed by atoms with E-state index in [0.29, 0.717) is 19.3 Å². The van der Waals surface area contributed by atoms with Crippen LogP contribution in [-0.4, -0.2) is 19.3 Å². The van der Waals surface area contributed by atoms with E-state index in [2.05, 4.69) is 7.11 Å². The summed E-state index contributed by atoms with van der Waals surface area (Å²) in [6.07, 6.45) is 0.304. The van der Waals surface area contributed by atoms with Crippen molar-refractivity contribution in [3.8, 4) is 5.75 Å². The molecule has 0 spiro atoms. The molecule has 1 aromatic carbocycles. The molecule has 0 amide bonds. The van der Waals surface area contributed by atoms with Crippen LogP contribution in [0.3, 0.4) is 0 Å². The summed E-state index contributed by atoms with van der Waals surface area (Å²) in [4.78, 5) is 0. The van der Waals surface area contributed by atoms with Crippen LogP contribution in [0.15, 0.2) is 24.3 Å². The van der Waals surface area contributed by atoms with Crippen molar-refractivity contribution in [3.05, 3.63) is 36.9 Å². The molecule has 1 radical (unpaired) electrons. The lowest BCUT2D eigenvalue weighted by atomic mass is 10.2. The summed E-state index contributed by atoms with van der Waals surface area (Å²) in [5.74, 6) is 0.869. The summed E-state index contributed by atoms with van der Waals surface area (Å²) in [7, 11) is 3.32. The summed E-state index contributed by atoms with van der Waals surface area (Å²) in [5.41, 5.74) is 1.09. The Morgan fingerprint density at radius 2 is 2.07 bits per heavy atom. The van der Waals surface area contributed by atoms with E-state index in [9.17, 15) is 0 Å².